The number of ether oxygens (including phenoxy) is 1. The standard InChI is InChI=1S/C21H26ClN3O4/c1-13(2)25(20(26)15-6-4-14(3)5-7-15)19-18(29-21(27)28)12-24(23-19)17-10-8-16(22)9-11-17/h8-15H,4-7H2,1-3H3,(H,27,28)/t14-,15-. The number of amides is 1. The van der Waals surface area contributed by atoms with Gasteiger partial charge in [-0.3, -0.25) is 9.69 Å². The van der Waals surface area contributed by atoms with Crippen LogP contribution in [0.25, 0.3) is 5.69 Å². The van der Waals surface area contributed by atoms with Crippen molar-refractivity contribution in [3.63, 3.8) is 0 Å². The molecule has 1 heterocycles. The zero-order valence-electron chi connectivity index (χ0n) is 16.8. The minimum Gasteiger partial charge on any atom is -0.449 e. The molecule has 1 aromatic heterocycles. The Bertz CT molecular complexity index is 871. The van der Waals surface area contributed by atoms with E-state index in [-0.39, 0.29) is 29.4 Å². The zero-order chi connectivity index (χ0) is 21.1. The average molecular weight is 420 g/mol. The van der Waals surface area contributed by atoms with Crippen molar-refractivity contribution in [1.82, 2.24) is 9.78 Å². The lowest BCUT2D eigenvalue weighted by Crippen LogP contribution is -2.42. The van der Waals surface area contributed by atoms with Crippen LogP contribution in [0.15, 0.2) is 30.5 Å². The third-order valence-corrected chi connectivity index (χ3v) is 5.55. The molecule has 1 fully saturated rings. The van der Waals surface area contributed by atoms with Crippen LogP contribution >= 0.6 is 11.6 Å². The maximum absolute atomic E-state index is 13.3. The minimum atomic E-state index is -1.45. The van der Waals surface area contributed by atoms with Crippen LogP contribution in [0.3, 0.4) is 0 Å². The van der Waals surface area contributed by atoms with Crippen molar-refractivity contribution in [2.24, 2.45) is 11.8 Å². The number of halogens is 1. The summed E-state index contributed by atoms with van der Waals surface area (Å²) >= 11 is 5.95. The Morgan fingerprint density at radius 2 is 1.83 bits per heavy atom. The number of carboxylic acid groups (broad SMARTS) is 1. The highest BCUT2D eigenvalue weighted by Crippen LogP contribution is 2.35. The number of aromatic nitrogens is 2. The summed E-state index contributed by atoms with van der Waals surface area (Å²) in [5.74, 6) is 0.733. The third-order valence-electron chi connectivity index (χ3n) is 5.30. The van der Waals surface area contributed by atoms with Crippen molar-refractivity contribution in [3.8, 4) is 11.4 Å². The first-order valence-electron chi connectivity index (χ1n) is 9.85. The van der Waals surface area contributed by atoms with Gasteiger partial charge in [-0.25, -0.2) is 9.48 Å². The Morgan fingerprint density at radius 3 is 2.38 bits per heavy atom. The van der Waals surface area contributed by atoms with E-state index in [0.717, 1.165) is 25.7 Å². The number of hydrogen-bond donors (Lipinski definition) is 1. The molecule has 29 heavy (non-hydrogen) atoms. The van der Waals surface area contributed by atoms with Crippen LogP contribution in [-0.4, -0.2) is 33.0 Å². The Kier molecular flexibility index (Phi) is 6.47. The molecule has 1 aliphatic carbocycles. The molecule has 3 rings (SSSR count). The van der Waals surface area contributed by atoms with E-state index in [9.17, 15) is 9.59 Å². The second kappa shape index (κ2) is 8.86. The average Bonchev–Trinajstić information content (AvgIpc) is 3.05. The molecule has 1 amide bonds. The Morgan fingerprint density at radius 1 is 1.21 bits per heavy atom. The highest BCUT2D eigenvalue weighted by atomic mass is 35.5. The van der Waals surface area contributed by atoms with E-state index in [1.54, 1.807) is 29.2 Å². The van der Waals surface area contributed by atoms with Gasteiger partial charge in [0, 0.05) is 17.0 Å². The van der Waals surface area contributed by atoms with Crippen molar-refractivity contribution in [1.29, 1.82) is 0 Å². The van der Waals surface area contributed by atoms with Crippen LogP contribution in [0.5, 0.6) is 5.75 Å². The number of carbonyl (C=O) groups excluding carboxylic acids is 1. The summed E-state index contributed by atoms with van der Waals surface area (Å²) in [6.45, 7) is 5.97. The molecule has 0 unspecified atom stereocenters. The SMILES string of the molecule is CC(C)N(c1nn(-c2ccc(Cl)cc2)cc1OC(=O)O)C(=O)[C@H]1CC[C@H](C)CC1. The lowest BCUT2D eigenvalue weighted by atomic mass is 9.82. The molecule has 1 aromatic carbocycles. The first-order chi connectivity index (χ1) is 13.8. The zero-order valence-corrected chi connectivity index (χ0v) is 17.6. The summed E-state index contributed by atoms with van der Waals surface area (Å²) in [6, 6.07) is 6.74. The van der Waals surface area contributed by atoms with Gasteiger partial charge in [-0.1, -0.05) is 18.5 Å². The fraction of sp³-hybridized carbons (Fsp3) is 0.476. The van der Waals surface area contributed by atoms with E-state index in [4.69, 9.17) is 21.4 Å². The predicted molar refractivity (Wildman–Crippen MR) is 111 cm³/mol. The lowest BCUT2D eigenvalue weighted by Gasteiger charge is -2.32. The summed E-state index contributed by atoms with van der Waals surface area (Å²) in [4.78, 5) is 26.1. The van der Waals surface area contributed by atoms with Gasteiger partial charge < -0.3 is 9.84 Å². The van der Waals surface area contributed by atoms with E-state index in [1.165, 1.54) is 10.9 Å². The lowest BCUT2D eigenvalue weighted by molar-refractivity contribution is -0.124. The monoisotopic (exact) mass is 419 g/mol. The molecule has 2 aromatic rings. The minimum absolute atomic E-state index is 0.0266. The molecular weight excluding hydrogens is 394 g/mol. The van der Waals surface area contributed by atoms with Crippen LogP contribution in [0.1, 0.15) is 46.5 Å². The molecular formula is C21H26ClN3O4. The fourth-order valence-electron chi connectivity index (χ4n) is 3.72. The summed E-state index contributed by atoms with van der Waals surface area (Å²) in [7, 11) is 0. The number of carbonyl (C=O) groups is 2. The Balaban J connectivity index is 1.98. The summed E-state index contributed by atoms with van der Waals surface area (Å²) in [5.41, 5.74) is 0.679. The molecule has 0 radical (unpaired) electrons. The maximum Gasteiger partial charge on any atom is 0.511 e. The molecule has 156 valence electrons. The fourth-order valence-corrected chi connectivity index (χ4v) is 3.84. The van der Waals surface area contributed by atoms with Crippen LogP contribution < -0.4 is 9.64 Å². The molecule has 8 heteroatoms. The van der Waals surface area contributed by atoms with Crippen molar-refractivity contribution in [2.45, 2.75) is 52.5 Å². The predicted octanol–water partition coefficient (Wildman–Crippen LogP) is 5.15. The smallest absolute Gasteiger partial charge is 0.449 e. The number of benzene rings is 1. The Hall–Kier alpha value is -2.54. The molecule has 0 atom stereocenters. The summed E-state index contributed by atoms with van der Waals surface area (Å²) in [6.07, 6.45) is 3.70. The molecule has 0 spiro atoms. The van der Waals surface area contributed by atoms with E-state index in [1.807, 2.05) is 13.8 Å². The van der Waals surface area contributed by atoms with Gasteiger partial charge in [0.05, 0.1) is 11.9 Å². The highest BCUT2D eigenvalue weighted by Gasteiger charge is 2.34. The largest absolute Gasteiger partial charge is 0.511 e. The quantitative estimate of drug-likeness (QED) is 0.677. The second-order valence-electron chi connectivity index (χ2n) is 7.86. The van der Waals surface area contributed by atoms with Gasteiger partial charge in [-0.05, 0) is 69.7 Å². The van der Waals surface area contributed by atoms with Crippen LogP contribution in [0.4, 0.5) is 10.6 Å². The van der Waals surface area contributed by atoms with E-state index < -0.39 is 6.16 Å². The maximum atomic E-state index is 13.3. The first-order valence-corrected chi connectivity index (χ1v) is 10.2. The van der Waals surface area contributed by atoms with Crippen molar-refractivity contribution < 1.29 is 19.4 Å². The number of nitrogens with zero attached hydrogens (tertiary/aromatic N) is 3. The number of anilines is 1. The summed E-state index contributed by atoms with van der Waals surface area (Å²) < 4.78 is 6.47. The first kappa shape index (κ1) is 21.2. The van der Waals surface area contributed by atoms with Crippen LogP contribution in [0, 0.1) is 11.8 Å². The van der Waals surface area contributed by atoms with Gasteiger partial charge in [-0.2, -0.15) is 0 Å². The molecule has 0 bridgehead atoms. The normalized spacial score (nSPS) is 19.2. The molecule has 0 saturated heterocycles. The molecule has 0 aliphatic heterocycles. The van der Waals surface area contributed by atoms with E-state index in [0.29, 0.717) is 16.6 Å². The molecule has 1 aliphatic rings. The van der Waals surface area contributed by atoms with E-state index >= 15 is 0 Å². The Labute approximate surface area is 175 Å². The van der Waals surface area contributed by atoms with Gasteiger partial charge in [0.2, 0.25) is 11.7 Å². The van der Waals surface area contributed by atoms with Gasteiger partial charge in [0.1, 0.15) is 0 Å². The molecule has 1 N–H and O–H groups in total. The van der Waals surface area contributed by atoms with Gasteiger partial charge >= 0.3 is 6.16 Å². The third kappa shape index (κ3) is 4.90. The van der Waals surface area contributed by atoms with Crippen molar-refractivity contribution in [3.05, 3.63) is 35.5 Å². The van der Waals surface area contributed by atoms with Crippen LogP contribution in [0.2, 0.25) is 5.02 Å². The van der Waals surface area contributed by atoms with Gasteiger partial charge in [-0.15, -0.1) is 5.10 Å². The van der Waals surface area contributed by atoms with Crippen LogP contribution in [-0.2, 0) is 4.79 Å². The van der Waals surface area contributed by atoms with Gasteiger partial charge in [0.25, 0.3) is 0 Å². The molecule has 1 saturated carbocycles. The highest BCUT2D eigenvalue weighted by molar-refractivity contribution is 6.30. The second-order valence-corrected chi connectivity index (χ2v) is 8.30. The van der Waals surface area contributed by atoms with E-state index in [2.05, 4.69) is 12.0 Å². The van der Waals surface area contributed by atoms with Crippen molar-refractivity contribution >= 4 is 29.5 Å². The van der Waals surface area contributed by atoms with Gasteiger partial charge in [0.15, 0.2) is 5.75 Å². The number of rotatable bonds is 5. The summed E-state index contributed by atoms with van der Waals surface area (Å²) in [5, 5.41) is 14.2. The van der Waals surface area contributed by atoms with Crippen molar-refractivity contribution in [2.75, 3.05) is 4.90 Å². The molecule has 7 nitrogen and oxygen atoms in total. The topological polar surface area (TPSA) is 84.7 Å². The number of hydrogen-bond acceptors (Lipinski definition) is 4.